The predicted molar refractivity (Wildman–Crippen MR) is 133 cm³/mol. The van der Waals surface area contributed by atoms with Gasteiger partial charge in [0.1, 0.15) is 17.7 Å². The van der Waals surface area contributed by atoms with Crippen molar-refractivity contribution in [3.05, 3.63) is 42.2 Å². The van der Waals surface area contributed by atoms with Gasteiger partial charge in [-0.1, -0.05) is 5.92 Å². The fraction of sp³-hybridized carbons (Fsp3) is 0.360. The molecule has 1 aliphatic rings. The zero-order chi connectivity index (χ0) is 26.6. The van der Waals surface area contributed by atoms with E-state index < -0.39 is 23.5 Å². The second-order valence-corrected chi connectivity index (χ2v) is 9.53. The van der Waals surface area contributed by atoms with E-state index in [2.05, 4.69) is 37.3 Å². The minimum absolute atomic E-state index is 0.0331. The van der Waals surface area contributed by atoms with Crippen LogP contribution in [0.3, 0.4) is 0 Å². The average molecular weight is 506 g/mol. The lowest BCUT2D eigenvalue weighted by atomic mass is 10.2. The maximum Gasteiger partial charge on any atom is 0.416 e. The smallest absolute Gasteiger partial charge is 0.416 e. The molecule has 0 aromatic carbocycles. The third-order valence-electron chi connectivity index (χ3n) is 5.20. The number of carbonyl (C=O) groups excluding carboxylic acids is 3. The molecule has 0 saturated heterocycles. The van der Waals surface area contributed by atoms with Crippen LogP contribution in [0.1, 0.15) is 49.8 Å². The molecule has 3 aromatic rings. The van der Waals surface area contributed by atoms with E-state index in [4.69, 9.17) is 14.9 Å². The molecule has 4 rings (SSSR count). The first-order valence-corrected chi connectivity index (χ1v) is 11.6. The molecule has 0 atom stereocenters. The highest BCUT2D eigenvalue weighted by molar-refractivity contribution is 6.03. The van der Waals surface area contributed by atoms with Crippen molar-refractivity contribution in [2.24, 2.45) is 11.7 Å². The number of rotatable bonds is 7. The van der Waals surface area contributed by atoms with E-state index in [0.717, 1.165) is 12.8 Å². The molecule has 12 nitrogen and oxygen atoms in total. The Morgan fingerprint density at radius 2 is 2.11 bits per heavy atom. The van der Waals surface area contributed by atoms with Crippen LogP contribution in [-0.2, 0) is 16.0 Å². The molecule has 37 heavy (non-hydrogen) atoms. The van der Waals surface area contributed by atoms with E-state index in [1.807, 2.05) is 20.8 Å². The number of aromatic amines is 1. The standard InChI is InChI=1S/C25H27N7O5/c1-25(2,3)37-24(35)32(13-15-7-8-15)21-11-16(9-10-27-21)23-30-19(14-36-23)22(34)29-18-12-28-31-17(18)5-4-6-20(26)33/h9-12,14-15H,5,7-8,13H2,1-3H3,(H2,26,33)(H,28,31)(H,29,34). The van der Waals surface area contributed by atoms with Gasteiger partial charge in [-0.2, -0.15) is 5.10 Å². The molecule has 12 heteroatoms. The van der Waals surface area contributed by atoms with E-state index >= 15 is 0 Å². The molecule has 0 unspecified atom stereocenters. The normalized spacial score (nSPS) is 12.8. The van der Waals surface area contributed by atoms with Gasteiger partial charge in [-0.3, -0.25) is 19.6 Å². The van der Waals surface area contributed by atoms with E-state index in [0.29, 0.717) is 35.2 Å². The maximum atomic E-state index is 12.9. The highest BCUT2D eigenvalue weighted by Gasteiger charge is 2.31. The topological polar surface area (TPSA) is 169 Å². The van der Waals surface area contributed by atoms with Crippen LogP contribution in [0.5, 0.6) is 0 Å². The first-order valence-electron chi connectivity index (χ1n) is 11.6. The Morgan fingerprint density at radius 1 is 1.32 bits per heavy atom. The third kappa shape index (κ3) is 6.94. The lowest BCUT2D eigenvalue weighted by Crippen LogP contribution is -2.38. The molecule has 0 bridgehead atoms. The monoisotopic (exact) mass is 505 g/mol. The Labute approximate surface area is 213 Å². The van der Waals surface area contributed by atoms with Crippen molar-refractivity contribution in [3.8, 4) is 23.3 Å². The summed E-state index contributed by atoms with van der Waals surface area (Å²) in [5.74, 6) is 4.54. The molecule has 3 aromatic heterocycles. The van der Waals surface area contributed by atoms with Gasteiger partial charge in [-0.15, -0.1) is 0 Å². The number of carbonyl (C=O) groups is 3. The predicted octanol–water partition coefficient (Wildman–Crippen LogP) is 2.89. The molecule has 1 saturated carbocycles. The van der Waals surface area contributed by atoms with Crippen LogP contribution in [0, 0.1) is 17.8 Å². The van der Waals surface area contributed by atoms with Crippen LogP contribution in [0.4, 0.5) is 16.3 Å². The fourth-order valence-electron chi connectivity index (χ4n) is 3.31. The van der Waals surface area contributed by atoms with Crippen molar-refractivity contribution in [1.29, 1.82) is 0 Å². The van der Waals surface area contributed by atoms with Gasteiger partial charge in [0, 0.05) is 18.3 Å². The van der Waals surface area contributed by atoms with Crippen molar-refractivity contribution >= 4 is 29.4 Å². The van der Waals surface area contributed by atoms with E-state index in [1.165, 1.54) is 17.4 Å². The van der Waals surface area contributed by atoms with Crippen LogP contribution in [0.15, 0.2) is 35.2 Å². The summed E-state index contributed by atoms with van der Waals surface area (Å²) in [4.78, 5) is 46.6. The Bertz CT molecular complexity index is 1370. The molecule has 3 amide bonds. The summed E-state index contributed by atoms with van der Waals surface area (Å²) in [7, 11) is 0. The van der Waals surface area contributed by atoms with Crippen molar-refractivity contribution in [2.45, 2.75) is 45.6 Å². The van der Waals surface area contributed by atoms with Gasteiger partial charge in [0.15, 0.2) is 5.69 Å². The molecule has 192 valence electrons. The molecule has 3 heterocycles. The molecule has 1 fully saturated rings. The van der Waals surface area contributed by atoms with Gasteiger partial charge < -0.3 is 20.2 Å². The Kier molecular flexibility index (Phi) is 7.24. The summed E-state index contributed by atoms with van der Waals surface area (Å²) in [6.07, 6.45) is 5.95. The van der Waals surface area contributed by atoms with Gasteiger partial charge in [0.05, 0.1) is 24.0 Å². The molecule has 0 radical (unpaired) electrons. The molecular formula is C25H27N7O5. The van der Waals surface area contributed by atoms with Crippen molar-refractivity contribution < 1.29 is 23.5 Å². The van der Waals surface area contributed by atoms with Crippen LogP contribution >= 0.6 is 0 Å². The van der Waals surface area contributed by atoms with E-state index in [1.54, 1.807) is 18.3 Å². The fourth-order valence-corrected chi connectivity index (χ4v) is 3.31. The Hall–Kier alpha value is -4.66. The summed E-state index contributed by atoms with van der Waals surface area (Å²) >= 11 is 0. The molecule has 0 aliphatic heterocycles. The number of amides is 3. The van der Waals surface area contributed by atoms with E-state index in [9.17, 15) is 14.4 Å². The maximum absolute atomic E-state index is 12.9. The molecular weight excluding hydrogens is 478 g/mol. The minimum Gasteiger partial charge on any atom is -0.444 e. The highest BCUT2D eigenvalue weighted by atomic mass is 16.6. The number of H-pyrrole nitrogens is 1. The number of hydrogen-bond acceptors (Lipinski definition) is 8. The van der Waals surface area contributed by atoms with Gasteiger partial charge in [0.2, 0.25) is 5.89 Å². The zero-order valence-electron chi connectivity index (χ0n) is 20.7. The Morgan fingerprint density at radius 3 is 2.81 bits per heavy atom. The highest BCUT2D eigenvalue weighted by Crippen LogP contribution is 2.32. The molecule has 0 spiro atoms. The summed E-state index contributed by atoms with van der Waals surface area (Å²) in [5.41, 5.74) is 5.82. The number of nitrogens with one attached hydrogen (secondary N) is 2. The number of primary amides is 1. The first-order chi connectivity index (χ1) is 17.6. The summed E-state index contributed by atoms with van der Waals surface area (Å²) in [5, 5.41) is 9.29. The Balaban J connectivity index is 1.50. The number of nitrogens with two attached hydrogens (primary N) is 1. The second-order valence-electron chi connectivity index (χ2n) is 9.53. The van der Waals surface area contributed by atoms with Gasteiger partial charge in [-0.05, 0) is 57.6 Å². The first kappa shape index (κ1) is 25.4. The van der Waals surface area contributed by atoms with Crippen molar-refractivity contribution in [3.63, 3.8) is 0 Å². The molecule has 4 N–H and O–H groups in total. The van der Waals surface area contributed by atoms with Gasteiger partial charge >= 0.3 is 6.09 Å². The average Bonchev–Trinajstić information content (AvgIpc) is 3.32. The number of hydrogen-bond donors (Lipinski definition) is 3. The number of nitrogens with zero attached hydrogens (tertiary/aromatic N) is 4. The largest absolute Gasteiger partial charge is 0.444 e. The van der Waals surface area contributed by atoms with Gasteiger partial charge in [-0.25, -0.2) is 14.8 Å². The number of oxazole rings is 1. The van der Waals surface area contributed by atoms with Gasteiger partial charge in [0.25, 0.3) is 11.8 Å². The third-order valence-corrected chi connectivity index (χ3v) is 5.20. The van der Waals surface area contributed by atoms with Crippen LogP contribution in [0.25, 0.3) is 11.5 Å². The van der Waals surface area contributed by atoms with Crippen molar-refractivity contribution in [2.75, 3.05) is 16.8 Å². The summed E-state index contributed by atoms with van der Waals surface area (Å²) in [6.45, 7) is 5.93. The van der Waals surface area contributed by atoms with Crippen LogP contribution < -0.4 is 16.0 Å². The lowest BCUT2D eigenvalue weighted by Gasteiger charge is -2.27. The lowest BCUT2D eigenvalue weighted by molar-refractivity contribution is -0.112. The number of pyridine rings is 1. The SMILES string of the molecule is CC(C)(C)OC(=O)N(CC1CC1)c1cc(-c2nc(C(=O)Nc3cn[nH]c3CC#CC(N)=O)co2)ccn1. The summed E-state index contributed by atoms with van der Waals surface area (Å²) in [6, 6.07) is 3.35. The van der Waals surface area contributed by atoms with Crippen molar-refractivity contribution in [1.82, 2.24) is 20.2 Å². The van der Waals surface area contributed by atoms with Crippen LogP contribution in [0.2, 0.25) is 0 Å². The summed E-state index contributed by atoms with van der Waals surface area (Å²) < 4.78 is 11.1. The number of anilines is 2. The quantitative estimate of drug-likeness (QED) is 0.412. The van der Waals surface area contributed by atoms with Crippen LogP contribution in [-0.4, -0.2) is 50.2 Å². The minimum atomic E-state index is -0.749. The van der Waals surface area contributed by atoms with E-state index in [-0.39, 0.29) is 18.0 Å². The number of ether oxygens (including phenoxy) is 1. The molecule has 1 aliphatic carbocycles. The second kappa shape index (κ2) is 10.5. The zero-order valence-corrected chi connectivity index (χ0v) is 20.7. The number of aromatic nitrogens is 4.